The zero-order valence-electron chi connectivity index (χ0n) is 14.8. The SMILES string of the molecule is CC(NC(=O)/C(C#N)=C\NCCC(=O)O)C12CC3CC(CC(C3)C1)C2. The largest absolute Gasteiger partial charge is 0.481 e. The number of nitrogens with one attached hydrogen (secondary N) is 2. The minimum Gasteiger partial charge on any atom is -0.481 e. The third-order valence-corrected chi connectivity index (χ3v) is 6.45. The minimum atomic E-state index is -0.917. The molecule has 3 N–H and O–H groups in total. The number of hydrogen-bond donors (Lipinski definition) is 3. The van der Waals surface area contributed by atoms with E-state index in [0.717, 1.165) is 17.8 Å². The highest BCUT2D eigenvalue weighted by atomic mass is 16.4. The number of aliphatic carboxylic acids is 1. The second-order valence-corrected chi connectivity index (χ2v) is 8.24. The molecular formula is C19H27N3O3. The molecule has 4 rings (SSSR count). The third-order valence-electron chi connectivity index (χ3n) is 6.45. The molecule has 0 aliphatic heterocycles. The molecular weight excluding hydrogens is 318 g/mol. The summed E-state index contributed by atoms with van der Waals surface area (Å²) in [5.41, 5.74) is 0.198. The van der Waals surface area contributed by atoms with Gasteiger partial charge in [-0.2, -0.15) is 5.26 Å². The number of carboxylic acids is 1. The first-order valence-electron chi connectivity index (χ1n) is 9.28. The summed E-state index contributed by atoms with van der Waals surface area (Å²) < 4.78 is 0. The summed E-state index contributed by atoms with van der Waals surface area (Å²) in [6, 6.07) is 1.97. The van der Waals surface area contributed by atoms with E-state index in [1.54, 1.807) is 0 Å². The molecule has 0 saturated heterocycles. The summed E-state index contributed by atoms with van der Waals surface area (Å²) >= 11 is 0. The molecule has 25 heavy (non-hydrogen) atoms. The standard InChI is InChI=1S/C19H27N3O3/c1-12(19-7-13-4-14(8-19)6-15(5-13)9-19)22-18(25)16(10-20)11-21-3-2-17(23)24/h11-15,21H,2-9H2,1H3,(H,22,25)(H,23,24)/b16-11-. The molecule has 4 saturated carbocycles. The van der Waals surface area contributed by atoms with E-state index in [4.69, 9.17) is 5.11 Å². The Morgan fingerprint density at radius 1 is 1.24 bits per heavy atom. The van der Waals surface area contributed by atoms with Crippen LogP contribution >= 0.6 is 0 Å². The number of amides is 1. The average molecular weight is 345 g/mol. The van der Waals surface area contributed by atoms with Gasteiger partial charge in [-0.05, 0) is 68.6 Å². The Kier molecular flexibility index (Phi) is 5.03. The minimum absolute atomic E-state index is 0.00182. The summed E-state index contributed by atoms with van der Waals surface area (Å²) in [5, 5.41) is 23.6. The number of nitriles is 1. The fourth-order valence-electron chi connectivity index (χ4n) is 5.64. The zero-order valence-corrected chi connectivity index (χ0v) is 14.8. The number of carboxylic acid groups (broad SMARTS) is 1. The summed E-state index contributed by atoms with van der Waals surface area (Å²) in [6.07, 6.45) is 8.93. The van der Waals surface area contributed by atoms with Gasteiger partial charge in [0.25, 0.3) is 5.91 Å². The summed E-state index contributed by atoms with van der Waals surface area (Å²) in [4.78, 5) is 22.9. The second-order valence-electron chi connectivity index (χ2n) is 8.24. The van der Waals surface area contributed by atoms with Gasteiger partial charge in [0.2, 0.25) is 0 Å². The van der Waals surface area contributed by atoms with E-state index in [9.17, 15) is 14.9 Å². The van der Waals surface area contributed by atoms with Crippen molar-refractivity contribution in [3.05, 3.63) is 11.8 Å². The second kappa shape index (κ2) is 7.07. The van der Waals surface area contributed by atoms with Gasteiger partial charge in [-0.25, -0.2) is 0 Å². The Morgan fingerprint density at radius 2 is 1.80 bits per heavy atom. The molecule has 0 heterocycles. The van der Waals surface area contributed by atoms with Gasteiger partial charge in [-0.15, -0.1) is 0 Å². The molecule has 1 atom stereocenters. The van der Waals surface area contributed by atoms with Gasteiger partial charge in [0.15, 0.2) is 0 Å². The van der Waals surface area contributed by atoms with Crippen LogP contribution in [-0.2, 0) is 9.59 Å². The van der Waals surface area contributed by atoms with Crippen molar-refractivity contribution >= 4 is 11.9 Å². The summed E-state index contributed by atoms with van der Waals surface area (Å²) in [5.74, 6) is 1.16. The van der Waals surface area contributed by atoms with E-state index in [0.29, 0.717) is 0 Å². The molecule has 4 aliphatic rings. The molecule has 0 aromatic carbocycles. The van der Waals surface area contributed by atoms with Crippen molar-refractivity contribution < 1.29 is 14.7 Å². The first-order valence-corrected chi connectivity index (χ1v) is 9.28. The van der Waals surface area contributed by atoms with Crippen LogP contribution in [0.3, 0.4) is 0 Å². The summed E-state index contributed by atoms with van der Waals surface area (Å²) in [7, 11) is 0. The average Bonchev–Trinajstić information content (AvgIpc) is 2.53. The number of nitrogens with zero attached hydrogens (tertiary/aromatic N) is 1. The topological polar surface area (TPSA) is 102 Å². The van der Waals surface area contributed by atoms with Crippen molar-refractivity contribution in [1.29, 1.82) is 5.26 Å². The fourth-order valence-corrected chi connectivity index (χ4v) is 5.64. The van der Waals surface area contributed by atoms with Crippen LogP contribution in [0.1, 0.15) is 51.9 Å². The molecule has 0 radical (unpaired) electrons. The van der Waals surface area contributed by atoms with Crippen molar-refractivity contribution in [2.75, 3.05) is 6.54 Å². The van der Waals surface area contributed by atoms with Crippen LogP contribution < -0.4 is 10.6 Å². The summed E-state index contributed by atoms with van der Waals surface area (Å²) in [6.45, 7) is 2.27. The third kappa shape index (κ3) is 3.81. The van der Waals surface area contributed by atoms with Gasteiger partial charge in [0, 0.05) is 18.8 Å². The van der Waals surface area contributed by atoms with Crippen LogP contribution in [0.4, 0.5) is 0 Å². The predicted octanol–water partition coefficient (Wildman–Crippen LogP) is 2.18. The van der Waals surface area contributed by atoms with Crippen molar-refractivity contribution in [2.45, 2.75) is 57.9 Å². The quantitative estimate of drug-likeness (QED) is 0.373. The van der Waals surface area contributed by atoms with Gasteiger partial charge < -0.3 is 15.7 Å². The Bertz CT molecular complexity index is 585. The van der Waals surface area contributed by atoms with E-state index in [1.807, 2.05) is 6.07 Å². The molecule has 4 fully saturated rings. The molecule has 4 aliphatic carbocycles. The Morgan fingerprint density at radius 3 is 2.28 bits per heavy atom. The Balaban J connectivity index is 1.59. The van der Waals surface area contributed by atoms with Crippen LogP contribution in [-0.4, -0.2) is 29.6 Å². The maximum absolute atomic E-state index is 12.4. The van der Waals surface area contributed by atoms with Gasteiger partial charge in [-0.3, -0.25) is 9.59 Å². The predicted molar refractivity (Wildman–Crippen MR) is 92.2 cm³/mol. The van der Waals surface area contributed by atoms with Crippen molar-refractivity contribution in [1.82, 2.24) is 10.6 Å². The highest BCUT2D eigenvalue weighted by Crippen LogP contribution is 2.61. The molecule has 1 unspecified atom stereocenters. The first-order chi connectivity index (χ1) is 11.9. The van der Waals surface area contributed by atoms with Gasteiger partial charge >= 0.3 is 5.97 Å². The van der Waals surface area contributed by atoms with Crippen LogP contribution in [0, 0.1) is 34.5 Å². The van der Waals surface area contributed by atoms with Crippen LogP contribution in [0.5, 0.6) is 0 Å². The van der Waals surface area contributed by atoms with Gasteiger partial charge in [0.1, 0.15) is 11.6 Å². The van der Waals surface area contributed by atoms with E-state index < -0.39 is 5.97 Å². The van der Waals surface area contributed by atoms with E-state index >= 15 is 0 Å². The number of hydrogen-bond acceptors (Lipinski definition) is 4. The van der Waals surface area contributed by atoms with Gasteiger partial charge in [0.05, 0.1) is 6.42 Å². The first kappa shape index (κ1) is 17.8. The lowest BCUT2D eigenvalue weighted by Gasteiger charge is -2.59. The highest BCUT2D eigenvalue weighted by Gasteiger charge is 2.53. The number of carbonyl (C=O) groups is 2. The lowest BCUT2D eigenvalue weighted by Crippen LogP contribution is -2.56. The van der Waals surface area contributed by atoms with Gasteiger partial charge in [-0.1, -0.05) is 0 Å². The molecule has 6 heteroatoms. The zero-order chi connectivity index (χ0) is 18.0. The van der Waals surface area contributed by atoms with E-state index in [2.05, 4.69) is 17.6 Å². The highest BCUT2D eigenvalue weighted by molar-refractivity contribution is 5.97. The Labute approximate surface area is 148 Å². The molecule has 0 spiro atoms. The lowest BCUT2D eigenvalue weighted by atomic mass is 9.48. The molecule has 6 nitrogen and oxygen atoms in total. The number of rotatable bonds is 7. The maximum Gasteiger partial charge on any atom is 0.305 e. The molecule has 0 aromatic rings. The normalized spacial score (nSPS) is 34.2. The molecule has 136 valence electrons. The smallest absolute Gasteiger partial charge is 0.305 e. The maximum atomic E-state index is 12.4. The van der Waals surface area contributed by atoms with Crippen LogP contribution in [0.2, 0.25) is 0 Å². The van der Waals surface area contributed by atoms with Crippen LogP contribution in [0.25, 0.3) is 0 Å². The Hall–Kier alpha value is -2.03. The van der Waals surface area contributed by atoms with Crippen molar-refractivity contribution in [2.24, 2.45) is 23.2 Å². The fraction of sp³-hybridized carbons (Fsp3) is 0.737. The van der Waals surface area contributed by atoms with E-state index in [-0.39, 0.29) is 35.9 Å². The van der Waals surface area contributed by atoms with E-state index in [1.165, 1.54) is 44.7 Å². The molecule has 4 bridgehead atoms. The monoisotopic (exact) mass is 345 g/mol. The molecule has 1 amide bonds. The van der Waals surface area contributed by atoms with Crippen molar-refractivity contribution in [3.63, 3.8) is 0 Å². The van der Waals surface area contributed by atoms with Crippen LogP contribution in [0.15, 0.2) is 11.8 Å². The van der Waals surface area contributed by atoms with Crippen molar-refractivity contribution in [3.8, 4) is 6.07 Å². The number of carbonyl (C=O) groups excluding carboxylic acids is 1. The lowest BCUT2D eigenvalue weighted by molar-refractivity contribution is -0.136. The molecule has 0 aromatic heterocycles.